The molecule has 0 aliphatic carbocycles. The molecule has 3 atom stereocenters. The van der Waals surface area contributed by atoms with Crippen LogP contribution in [0.15, 0.2) is 182 Å². The number of nitrogens with one attached hydrogen (secondary N) is 2. The van der Waals surface area contributed by atoms with Crippen molar-refractivity contribution in [1.82, 2.24) is 10.6 Å². The van der Waals surface area contributed by atoms with Crippen molar-refractivity contribution in [2.45, 2.75) is 49.4 Å². The van der Waals surface area contributed by atoms with Crippen LogP contribution in [0, 0.1) is 0 Å². The minimum absolute atomic E-state index is 0.0875. The van der Waals surface area contributed by atoms with E-state index in [0.29, 0.717) is 25.7 Å². The van der Waals surface area contributed by atoms with Gasteiger partial charge in [0.05, 0.1) is 11.3 Å². The summed E-state index contributed by atoms with van der Waals surface area (Å²) >= 11 is 0. The fourth-order valence-corrected chi connectivity index (χ4v) is 9.60. The Labute approximate surface area is 313 Å². The van der Waals surface area contributed by atoms with Gasteiger partial charge in [0.25, 0.3) is 0 Å². The molecule has 270 valence electrons. The SMILES string of the molecule is COP(=O)(C(CCc1ccccc1)NC(=O)OCc1ccccc1)C(CCc1ccccc1)NC(c1ccccc1)(c1ccccc1)c1ccccc1. The lowest BCUT2D eigenvalue weighted by Crippen LogP contribution is -2.52. The summed E-state index contributed by atoms with van der Waals surface area (Å²) in [6.45, 7) is 0.0875. The molecule has 0 spiro atoms. The highest BCUT2D eigenvalue weighted by molar-refractivity contribution is 7.60. The van der Waals surface area contributed by atoms with Gasteiger partial charge in [-0.2, -0.15) is 0 Å². The second-order valence-electron chi connectivity index (χ2n) is 13.1. The minimum atomic E-state index is -3.82. The zero-order valence-corrected chi connectivity index (χ0v) is 31.0. The van der Waals surface area contributed by atoms with Crippen LogP contribution in [0.4, 0.5) is 4.79 Å². The van der Waals surface area contributed by atoms with E-state index in [1.165, 1.54) is 7.11 Å². The van der Waals surface area contributed by atoms with E-state index in [1.807, 2.05) is 133 Å². The molecule has 7 heteroatoms. The highest BCUT2D eigenvalue weighted by atomic mass is 31.2. The molecule has 0 aromatic heterocycles. The summed E-state index contributed by atoms with van der Waals surface area (Å²) in [6.07, 6.45) is 1.39. The number of carbonyl (C=O) groups excluding carboxylic acids is 1. The van der Waals surface area contributed by atoms with E-state index in [1.54, 1.807) is 0 Å². The Morgan fingerprint density at radius 3 is 1.30 bits per heavy atom. The van der Waals surface area contributed by atoms with Crippen molar-refractivity contribution in [2.75, 3.05) is 7.11 Å². The van der Waals surface area contributed by atoms with Crippen LogP contribution in [-0.4, -0.2) is 24.8 Å². The summed E-state index contributed by atoms with van der Waals surface area (Å²) in [5.74, 6) is -1.59. The molecule has 53 heavy (non-hydrogen) atoms. The van der Waals surface area contributed by atoms with E-state index >= 15 is 4.57 Å². The first-order chi connectivity index (χ1) is 26.0. The average molecular weight is 723 g/mol. The molecule has 6 rings (SSSR count). The summed E-state index contributed by atoms with van der Waals surface area (Å²) in [7, 11) is -2.33. The topological polar surface area (TPSA) is 76.7 Å². The van der Waals surface area contributed by atoms with Gasteiger partial charge >= 0.3 is 6.09 Å². The second kappa shape index (κ2) is 18.5. The van der Waals surface area contributed by atoms with Gasteiger partial charge in [0.1, 0.15) is 12.4 Å². The quantitative estimate of drug-likeness (QED) is 0.0724. The molecule has 0 radical (unpaired) electrons. The molecule has 2 N–H and O–H groups in total. The number of aryl methyl sites for hydroxylation is 2. The van der Waals surface area contributed by atoms with Crippen molar-refractivity contribution in [1.29, 1.82) is 0 Å². The maximum Gasteiger partial charge on any atom is 0.408 e. The molecule has 0 saturated carbocycles. The Morgan fingerprint density at radius 1 is 0.547 bits per heavy atom. The van der Waals surface area contributed by atoms with Gasteiger partial charge < -0.3 is 14.6 Å². The Kier molecular flexibility index (Phi) is 13.1. The van der Waals surface area contributed by atoms with Crippen molar-refractivity contribution in [2.24, 2.45) is 0 Å². The molecular weight excluding hydrogens is 675 g/mol. The molecule has 0 aliphatic rings. The molecule has 0 aliphatic heterocycles. The second-order valence-corrected chi connectivity index (χ2v) is 16.0. The van der Waals surface area contributed by atoms with Crippen molar-refractivity contribution in [3.8, 4) is 0 Å². The number of ether oxygens (including phenoxy) is 1. The lowest BCUT2D eigenvalue weighted by Gasteiger charge is -2.43. The summed E-state index contributed by atoms with van der Waals surface area (Å²) in [5.41, 5.74) is 5.07. The standard InChI is InChI=1S/C46H47N2O4P/c1-51-53(50,43(34-32-37-20-8-2-9-21-37)47-45(49)52-36-39-24-12-4-13-25-39)44(35-33-38-22-10-3-11-23-38)48-46(40-26-14-5-15-27-40,41-28-16-6-17-29-41)42-30-18-7-19-31-42/h2-31,43-44,48H,32-36H2,1H3,(H,47,49). The van der Waals surface area contributed by atoms with Crippen molar-refractivity contribution < 1.29 is 18.6 Å². The third-order valence-electron chi connectivity index (χ3n) is 9.75. The largest absolute Gasteiger partial charge is 0.445 e. The van der Waals surface area contributed by atoms with E-state index in [9.17, 15) is 4.79 Å². The first-order valence-corrected chi connectivity index (χ1v) is 19.9. The lowest BCUT2D eigenvalue weighted by atomic mass is 9.77. The van der Waals surface area contributed by atoms with E-state index < -0.39 is 30.6 Å². The molecule has 0 fully saturated rings. The predicted octanol–water partition coefficient (Wildman–Crippen LogP) is 10.3. The Balaban J connectivity index is 1.45. The van der Waals surface area contributed by atoms with Gasteiger partial charge in [0.2, 0.25) is 7.37 Å². The maximum atomic E-state index is 16.1. The summed E-state index contributed by atoms with van der Waals surface area (Å²) in [5, 5.41) is 7.05. The smallest absolute Gasteiger partial charge is 0.408 e. The molecule has 6 aromatic rings. The number of carbonyl (C=O) groups is 1. The highest BCUT2D eigenvalue weighted by Gasteiger charge is 2.47. The van der Waals surface area contributed by atoms with Crippen molar-refractivity contribution in [3.05, 3.63) is 215 Å². The molecule has 6 nitrogen and oxygen atoms in total. The molecule has 1 amide bonds. The van der Waals surface area contributed by atoms with Crippen LogP contribution in [0.5, 0.6) is 0 Å². The van der Waals surface area contributed by atoms with E-state index in [-0.39, 0.29) is 6.61 Å². The van der Waals surface area contributed by atoms with E-state index in [4.69, 9.17) is 9.26 Å². The molecule has 0 bridgehead atoms. The predicted molar refractivity (Wildman–Crippen MR) is 214 cm³/mol. The Bertz CT molecular complexity index is 1920. The van der Waals surface area contributed by atoms with Crippen molar-refractivity contribution in [3.63, 3.8) is 0 Å². The molecule has 0 saturated heterocycles. The van der Waals surface area contributed by atoms with Crippen LogP contribution in [0.3, 0.4) is 0 Å². The lowest BCUT2D eigenvalue weighted by molar-refractivity contribution is 0.137. The maximum absolute atomic E-state index is 16.1. The van der Waals surface area contributed by atoms with Crippen molar-refractivity contribution >= 4 is 13.5 Å². The third kappa shape index (κ3) is 9.40. The molecular formula is C46H47N2O4P. The number of benzene rings is 6. The van der Waals surface area contributed by atoms with E-state index in [0.717, 1.165) is 33.4 Å². The Morgan fingerprint density at radius 2 is 0.906 bits per heavy atom. The zero-order valence-electron chi connectivity index (χ0n) is 30.1. The van der Waals surface area contributed by atoms with Gasteiger partial charge in [0, 0.05) is 7.11 Å². The first kappa shape index (κ1) is 37.5. The number of rotatable bonds is 17. The number of alkyl carbamates (subject to hydrolysis) is 1. The van der Waals surface area contributed by atoms with Crippen LogP contribution in [0.1, 0.15) is 46.2 Å². The van der Waals surface area contributed by atoms with Gasteiger partial charge in [-0.05, 0) is 59.1 Å². The number of amides is 1. The molecule has 6 aromatic carbocycles. The van der Waals surface area contributed by atoms with Gasteiger partial charge in [0.15, 0.2) is 0 Å². The fourth-order valence-electron chi connectivity index (χ4n) is 7.02. The van der Waals surface area contributed by atoms with Gasteiger partial charge in [-0.1, -0.05) is 182 Å². The average Bonchev–Trinajstić information content (AvgIpc) is 3.23. The van der Waals surface area contributed by atoms with Gasteiger partial charge in [-0.3, -0.25) is 9.88 Å². The summed E-state index contributed by atoms with van der Waals surface area (Å²) in [4.78, 5) is 13.6. The number of hydrogen-bond donors (Lipinski definition) is 2. The van der Waals surface area contributed by atoms with E-state index in [2.05, 4.69) is 59.2 Å². The monoisotopic (exact) mass is 722 g/mol. The van der Waals surface area contributed by atoms with Gasteiger partial charge in [-0.15, -0.1) is 0 Å². The first-order valence-electron chi connectivity index (χ1n) is 18.2. The zero-order chi connectivity index (χ0) is 36.8. The van der Waals surface area contributed by atoms with Crippen LogP contribution >= 0.6 is 7.37 Å². The van der Waals surface area contributed by atoms with Crippen LogP contribution < -0.4 is 10.6 Å². The normalized spacial score (nSPS) is 13.7. The highest BCUT2D eigenvalue weighted by Crippen LogP contribution is 2.58. The Hall–Kier alpha value is -5.26. The van der Waals surface area contributed by atoms with Crippen LogP contribution in [0.25, 0.3) is 0 Å². The third-order valence-corrected chi connectivity index (χ3v) is 12.8. The summed E-state index contributed by atoms with van der Waals surface area (Å²) < 4.78 is 28.1. The summed E-state index contributed by atoms with van der Waals surface area (Å²) in [6, 6.07) is 60.5. The molecule has 3 unspecified atom stereocenters. The minimum Gasteiger partial charge on any atom is -0.445 e. The fraction of sp³-hybridized carbons (Fsp3) is 0.196. The van der Waals surface area contributed by atoms with Gasteiger partial charge in [-0.25, -0.2) is 4.79 Å². The van der Waals surface area contributed by atoms with Crippen LogP contribution in [-0.2, 0) is 38.8 Å². The van der Waals surface area contributed by atoms with Crippen LogP contribution in [0.2, 0.25) is 0 Å². The molecule has 0 heterocycles. The number of hydrogen-bond acceptors (Lipinski definition) is 5.